The standard InChI is InChI=1S/C11H15NO5S/c1-11(2,3)17-10(14)8-6-7(18(12,15)16)4-5-9(8)13/h4-6,13H,1-3H3,(H2,12,15,16). The zero-order valence-corrected chi connectivity index (χ0v) is 11.1. The maximum absolute atomic E-state index is 11.7. The smallest absolute Gasteiger partial charge is 0.342 e. The molecule has 0 radical (unpaired) electrons. The van der Waals surface area contributed by atoms with Gasteiger partial charge in [0, 0.05) is 0 Å². The maximum atomic E-state index is 11.7. The van der Waals surface area contributed by atoms with Crippen LogP contribution in [0.15, 0.2) is 23.1 Å². The van der Waals surface area contributed by atoms with Crippen molar-refractivity contribution in [2.45, 2.75) is 31.3 Å². The molecule has 0 aliphatic heterocycles. The summed E-state index contributed by atoms with van der Waals surface area (Å²) < 4.78 is 27.3. The molecule has 0 aliphatic rings. The second-order valence-corrected chi connectivity index (χ2v) is 6.29. The van der Waals surface area contributed by atoms with E-state index in [1.54, 1.807) is 20.8 Å². The number of hydrogen-bond acceptors (Lipinski definition) is 5. The molecule has 0 bridgehead atoms. The van der Waals surface area contributed by atoms with Crippen LogP contribution in [0.4, 0.5) is 0 Å². The Morgan fingerprint density at radius 2 is 1.89 bits per heavy atom. The van der Waals surface area contributed by atoms with E-state index in [-0.39, 0.29) is 16.2 Å². The van der Waals surface area contributed by atoms with Gasteiger partial charge in [-0.1, -0.05) is 0 Å². The highest BCUT2D eigenvalue weighted by Gasteiger charge is 2.22. The van der Waals surface area contributed by atoms with E-state index in [1.807, 2.05) is 0 Å². The van der Waals surface area contributed by atoms with Crippen LogP contribution in [0, 0.1) is 0 Å². The first kappa shape index (κ1) is 14.5. The Hall–Kier alpha value is -1.60. The zero-order chi connectivity index (χ0) is 14.1. The van der Waals surface area contributed by atoms with Crippen molar-refractivity contribution in [2.75, 3.05) is 0 Å². The highest BCUT2D eigenvalue weighted by molar-refractivity contribution is 7.89. The molecule has 18 heavy (non-hydrogen) atoms. The molecule has 1 rings (SSSR count). The number of sulfonamides is 1. The van der Waals surface area contributed by atoms with E-state index < -0.39 is 21.6 Å². The summed E-state index contributed by atoms with van der Waals surface area (Å²) in [6, 6.07) is 3.18. The van der Waals surface area contributed by atoms with E-state index in [2.05, 4.69) is 0 Å². The molecule has 3 N–H and O–H groups in total. The van der Waals surface area contributed by atoms with Gasteiger partial charge in [-0.15, -0.1) is 0 Å². The molecule has 0 spiro atoms. The number of carbonyl (C=O) groups is 1. The normalized spacial score (nSPS) is 12.2. The van der Waals surface area contributed by atoms with Gasteiger partial charge in [0.2, 0.25) is 10.0 Å². The van der Waals surface area contributed by atoms with Crippen molar-refractivity contribution in [1.29, 1.82) is 0 Å². The van der Waals surface area contributed by atoms with Crippen LogP contribution < -0.4 is 5.14 Å². The van der Waals surface area contributed by atoms with Crippen LogP contribution in [0.25, 0.3) is 0 Å². The highest BCUT2D eigenvalue weighted by Crippen LogP contribution is 2.23. The van der Waals surface area contributed by atoms with Crippen LogP contribution in [0.3, 0.4) is 0 Å². The van der Waals surface area contributed by atoms with Crippen LogP contribution in [-0.2, 0) is 14.8 Å². The van der Waals surface area contributed by atoms with Gasteiger partial charge < -0.3 is 9.84 Å². The lowest BCUT2D eigenvalue weighted by Crippen LogP contribution is -2.24. The molecule has 0 heterocycles. The molecule has 0 saturated carbocycles. The Balaban J connectivity index is 3.21. The summed E-state index contributed by atoms with van der Waals surface area (Å²) in [6.45, 7) is 4.97. The Kier molecular flexibility index (Phi) is 3.68. The molecule has 0 atom stereocenters. The van der Waals surface area contributed by atoms with Crippen molar-refractivity contribution < 1.29 is 23.1 Å². The summed E-state index contributed by atoms with van der Waals surface area (Å²) in [5.74, 6) is -1.18. The number of ether oxygens (including phenoxy) is 1. The van der Waals surface area contributed by atoms with E-state index >= 15 is 0 Å². The first-order valence-electron chi connectivity index (χ1n) is 5.10. The fraction of sp³-hybridized carbons (Fsp3) is 0.364. The van der Waals surface area contributed by atoms with Crippen LogP contribution in [0.1, 0.15) is 31.1 Å². The third-order valence-electron chi connectivity index (χ3n) is 1.92. The summed E-state index contributed by atoms with van der Waals surface area (Å²) >= 11 is 0. The largest absolute Gasteiger partial charge is 0.507 e. The van der Waals surface area contributed by atoms with Crippen molar-refractivity contribution in [2.24, 2.45) is 5.14 Å². The molecule has 0 amide bonds. The van der Waals surface area contributed by atoms with E-state index in [4.69, 9.17) is 9.88 Å². The van der Waals surface area contributed by atoms with E-state index in [0.717, 1.165) is 18.2 Å². The first-order chi connectivity index (χ1) is 8.00. The van der Waals surface area contributed by atoms with Crippen molar-refractivity contribution in [3.8, 4) is 5.75 Å². The number of carbonyl (C=O) groups excluding carboxylic acids is 1. The lowest BCUT2D eigenvalue weighted by Gasteiger charge is -2.19. The lowest BCUT2D eigenvalue weighted by atomic mass is 10.1. The highest BCUT2D eigenvalue weighted by atomic mass is 32.2. The third kappa shape index (κ3) is 3.71. The topological polar surface area (TPSA) is 107 Å². The number of rotatable bonds is 2. The van der Waals surface area contributed by atoms with Crippen molar-refractivity contribution >= 4 is 16.0 Å². The van der Waals surface area contributed by atoms with Crippen LogP contribution in [0.2, 0.25) is 0 Å². The van der Waals surface area contributed by atoms with E-state index in [1.165, 1.54) is 0 Å². The minimum Gasteiger partial charge on any atom is -0.507 e. The van der Waals surface area contributed by atoms with Gasteiger partial charge in [0.25, 0.3) is 0 Å². The molecule has 100 valence electrons. The lowest BCUT2D eigenvalue weighted by molar-refractivity contribution is 0.00665. The predicted octanol–water partition coefficient (Wildman–Crippen LogP) is 0.995. The van der Waals surface area contributed by atoms with Gasteiger partial charge in [-0.25, -0.2) is 18.4 Å². The van der Waals surface area contributed by atoms with Crippen LogP contribution in [0.5, 0.6) is 5.75 Å². The maximum Gasteiger partial charge on any atom is 0.342 e. The summed E-state index contributed by atoms with van der Waals surface area (Å²) in [7, 11) is -3.94. The minimum absolute atomic E-state index is 0.239. The van der Waals surface area contributed by atoms with Crippen LogP contribution >= 0.6 is 0 Å². The fourth-order valence-electron chi connectivity index (χ4n) is 1.19. The molecule has 6 nitrogen and oxygen atoms in total. The Morgan fingerprint density at radius 3 is 2.33 bits per heavy atom. The molecule has 0 aromatic heterocycles. The second-order valence-electron chi connectivity index (χ2n) is 4.73. The summed E-state index contributed by atoms with van der Waals surface area (Å²) in [5, 5.41) is 14.5. The average Bonchev–Trinajstić information content (AvgIpc) is 2.13. The second kappa shape index (κ2) is 4.58. The van der Waals surface area contributed by atoms with Gasteiger partial charge in [-0.2, -0.15) is 0 Å². The van der Waals surface area contributed by atoms with Crippen molar-refractivity contribution in [3.63, 3.8) is 0 Å². The van der Waals surface area contributed by atoms with Crippen molar-refractivity contribution in [1.82, 2.24) is 0 Å². The number of primary sulfonamides is 1. The van der Waals surface area contributed by atoms with E-state index in [0.29, 0.717) is 0 Å². The summed E-state index contributed by atoms with van der Waals surface area (Å²) in [6.07, 6.45) is 0. The molecule has 0 fully saturated rings. The predicted molar refractivity (Wildman–Crippen MR) is 64.6 cm³/mol. The van der Waals surface area contributed by atoms with Gasteiger partial charge in [-0.3, -0.25) is 0 Å². The SMILES string of the molecule is CC(C)(C)OC(=O)c1cc(S(N)(=O)=O)ccc1O. The molecule has 0 aliphatic carbocycles. The Bertz CT molecular complexity index is 572. The van der Waals surface area contributed by atoms with E-state index in [9.17, 15) is 18.3 Å². The van der Waals surface area contributed by atoms with Gasteiger partial charge in [0.15, 0.2) is 0 Å². The fourth-order valence-corrected chi connectivity index (χ4v) is 1.73. The van der Waals surface area contributed by atoms with Gasteiger partial charge in [0.05, 0.1) is 4.90 Å². The minimum atomic E-state index is -3.94. The molecule has 0 unspecified atom stereocenters. The van der Waals surface area contributed by atoms with Crippen molar-refractivity contribution in [3.05, 3.63) is 23.8 Å². The van der Waals surface area contributed by atoms with Gasteiger partial charge in [-0.05, 0) is 39.0 Å². The molecule has 0 saturated heterocycles. The number of aromatic hydroxyl groups is 1. The summed E-state index contributed by atoms with van der Waals surface area (Å²) in [5.41, 5.74) is -0.988. The molecule has 1 aromatic carbocycles. The number of nitrogens with two attached hydrogens (primary N) is 1. The number of phenols is 1. The average molecular weight is 273 g/mol. The van der Waals surface area contributed by atoms with Gasteiger partial charge >= 0.3 is 5.97 Å². The zero-order valence-electron chi connectivity index (χ0n) is 10.3. The third-order valence-corrected chi connectivity index (χ3v) is 2.83. The quantitative estimate of drug-likeness (QED) is 0.781. The Labute approximate surface area is 105 Å². The Morgan fingerprint density at radius 1 is 1.33 bits per heavy atom. The molecule has 1 aromatic rings. The molecule has 7 heteroatoms. The number of esters is 1. The monoisotopic (exact) mass is 273 g/mol. The number of benzene rings is 1. The first-order valence-corrected chi connectivity index (χ1v) is 6.64. The van der Waals surface area contributed by atoms with Gasteiger partial charge in [0.1, 0.15) is 16.9 Å². The van der Waals surface area contributed by atoms with Crippen LogP contribution in [-0.4, -0.2) is 25.1 Å². The molecular formula is C11H15NO5S. The number of hydrogen-bond donors (Lipinski definition) is 2. The summed E-state index contributed by atoms with van der Waals surface area (Å²) in [4.78, 5) is 11.5. The number of phenolic OH excluding ortho intramolecular Hbond substituents is 1. The molecular weight excluding hydrogens is 258 g/mol.